The number of carbonyl (C=O) groups excluding carboxylic acids is 2. The maximum atomic E-state index is 13.8. The molecule has 0 unspecified atom stereocenters. The third-order valence-electron chi connectivity index (χ3n) is 7.58. The second kappa shape index (κ2) is 11.2. The van der Waals surface area contributed by atoms with Crippen LogP contribution in [0.15, 0.2) is 66.8 Å². The smallest absolute Gasteiger partial charge is 0.301 e. The minimum Gasteiger partial charge on any atom is -0.507 e. The van der Waals surface area contributed by atoms with E-state index >= 15 is 0 Å². The Morgan fingerprint density at radius 3 is 2.72 bits per heavy atom. The molecule has 0 aliphatic carbocycles. The zero-order valence-corrected chi connectivity index (χ0v) is 25.3. The number of benzene rings is 3. The quantitative estimate of drug-likeness (QED) is 0.103. The molecule has 2 aliphatic heterocycles. The first kappa shape index (κ1) is 28.5. The molecule has 6 rings (SSSR count). The molecule has 3 aromatic carbocycles. The summed E-state index contributed by atoms with van der Waals surface area (Å²) >= 11 is 1.34. The van der Waals surface area contributed by atoms with Crippen LogP contribution in [0.3, 0.4) is 0 Å². The van der Waals surface area contributed by atoms with Crippen molar-refractivity contribution in [2.75, 3.05) is 18.1 Å². The molecule has 1 amide bonds. The minimum atomic E-state index is -0.960. The number of aryl methyl sites for hydroxylation is 2. The van der Waals surface area contributed by atoms with Gasteiger partial charge in [0.1, 0.15) is 24.2 Å². The summed E-state index contributed by atoms with van der Waals surface area (Å²) in [6.45, 7) is 12.2. The van der Waals surface area contributed by atoms with Crippen molar-refractivity contribution in [2.45, 2.75) is 46.3 Å². The van der Waals surface area contributed by atoms with Crippen molar-refractivity contribution in [1.29, 1.82) is 0 Å². The minimum absolute atomic E-state index is 0.0166. The third-order valence-corrected chi connectivity index (χ3v) is 8.58. The number of hydrogen-bond acceptors (Lipinski definition) is 8. The highest BCUT2D eigenvalue weighted by atomic mass is 32.1. The topological polar surface area (TPSA) is 98.2 Å². The number of anilines is 1. The molecule has 1 fully saturated rings. The fourth-order valence-electron chi connectivity index (χ4n) is 5.76. The zero-order valence-electron chi connectivity index (χ0n) is 24.5. The van der Waals surface area contributed by atoms with Gasteiger partial charge >= 0.3 is 5.91 Å². The molecule has 3 heterocycles. The lowest BCUT2D eigenvalue weighted by Gasteiger charge is -2.24. The Labute approximate surface area is 253 Å². The molecule has 0 bridgehead atoms. The fourth-order valence-corrected chi connectivity index (χ4v) is 6.93. The van der Waals surface area contributed by atoms with Crippen molar-refractivity contribution in [3.63, 3.8) is 0 Å². The normalized spacial score (nSPS) is 19.0. The standard InChI is InChI=1S/C34H32N2O6S/c1-6-12-41-25-11-8-21(17-26(25)40-7-2)30-28(31(37)22-9-10-24-23(16-22)15-20(5)42-24)32(38)33(39)36(30)34-35-29-19(4)13-18(3)14-27(29)43-34/h6,8-11,13-14,16-17,20,30,37H,1,7,12,15H2,2-5H3/t20-,30-/m0/s1. The molecule has 2 atom stereocenters. The SMILES string of the molecule is C=CCOc1ccc([C@H]2C(=C(O)c3ccc4c(c3)C[C@H](C)O4)C(=O)C(=O)N2c2nc3c(C)cc(C)cc3s2)cc1OCC. The highest BCUT2D eigenvalue weighted by Gasteiger charge is 2.48. The third kappa shape index (κ3) is 5.03. The second-order valence-corrected chi connectivity index (χ2v) is 11.8. The van der Waals surface area contributed by atoms with Crippen LogP contribution in [0, 0.1) is 13.8 Å². The summed E-state index contributed by atoms with van der Waals surface area (Å²) < 4.78 is 18.4. The monoisotopic (exact) mass is 596 g/mol. The molecule has 1 saturated heterocycles. The first-order valence-electron chi connectivity index (χ1n) is 14.2. The molecule has 4 aromatic rings. The summed E-state index contributed by atoms with van der Waals surface area (Å²) in [6.07, 6.45) is 2.34. The average Bonchev–Trinajstić information content (AvgIpc) is 3.64. The number of thiazole rings is 1. The number of aliphatic hydroxyl groups excluding tert-OH is 1. The van der Waals surface area contributed by atoms with Gasteiger partial charge in [0.15, 0.2) is 16.6 Å². The number of aromatic nitrogens is 1. The lowest BCUT2D eigenvalue weighted by molar-refractivity contribution is -0.132. The molecule has 43 heavy (non-hydrogen) atoms. The predicted octanol–water partition coefficient (Wildman–Crippen LogP) is 6.83. The van der Waals surface area contributed by atoms with Crippen molar-refractivity contribution < 1.29 is 28.9 Å². The van der Waals surface area contributed by atoms with Gasteiger partial charge in [-0.15, -0.1) is 0 Å². The Morgan fingerprint density at radius 1 is 1.14 bits per heavy atom. The molecule has 0 radical (unpaired) electrons. The van der Waals surface area contributed by atoms with E-state index in [4.69, 9.17) is 19.2 Å². The van der Waals surface area contributed by atoms with Gasteiger partial charge in [-0.05, 0) is 86.3 Å². The van der Waals surface area contributed by atoms with Crippen LogP contribution in [0.1, 0.15) is 47.7 Å². The van der Waals surface area contributed by atoms with Crippen molar-refractivity contribution in [3.8, 4) is 17.2 Å². The van der Waals surface area contributed by atoms with Crippen LogP contribution in [0.2, 0.25) is 0 Å². The lowest BCUT2D eigenvalue weighted by atomic mass is 9.94. The van der Waals surface area contributed by atoms with E-state index in [0.717, 1.165) is 32.7 Å². The first-order chi connectivity index (χ1) is 20.7. The van der Waals surface area contributed by atoms with Crippen molar-refractivity contribution in [3.05, 3.63) is 94.6 Å². The molecular formula is C34H32N2O6S. The lowest BCUT2D eigenvalue weighted by Crippen LogP contribution is -2.29. The van der Waals surface area contributed by atoms with Crippen LogP contribution in [-0.2, 0) is 16.0 Å². The number of carbonyl (C=O) groups is 2. The number of nitrogens with zero attached hydrogens (tertiary/aromatic N) is 2. The molecule has 2 aliphatic rings. The number of aliphatic hydroxyl groups is 1. The Hall–Kier alpha value is -4.63. The highest BCUT2D eigenvalue weighted by Crippen LogP contribution is 2.46. The molecule has 8 nitrogen and oxygen atoms in total. The van der Waals surface area contributed by atoms with Crippen molar-refractivity contribution >= 4 is 44.1 Å². The van der Waals surface area contributed by atoms with Crippen LogP contribution >= 0.6 is 11.3 Å². The summed E-state index contributed by atoms with van der Waals surface area (Å²) in [5, 5.41) is 12.1. The number of rotatable bonds is 8. The van der Waals surface area contributed by atoms with E-state index in [0.29, 0.717) is 40.8 Å². The van der Waals surface area contributed by atoms with Gasteiger partial charge in [0.05, 0.1) is 28.4 Å². The Morgan fingerprint density at radius 2 is 1.95 bits per heavy atom. The molecule has 220 valence electrons. The number of ketones is 1. The summed E-state index contributed by atoms with van der Waals surface area (Å²) in [5.74, 6) is -0.107. The molecule has 1 aromatic heterocycles. The highest BCUT2D eigenvalue weighted by molar-refractivity contribution is 7.22. The number of amides is 1. The van der Waals surface area contributed by atoms with Crippen LogP contribution in [0.5, 0.6) is 17.2 Å². The van der Waals surface area contributed by atoms with Gasteiger partial charge in [0, 0.05) is 12.0 Å². The van der Waals surface area contributed by atoms with E-state index in [1.165, 1.54) is 16.2 Å². The summed E-state index contributed by atoms with van der Waals surface area (Å²) in [5.41, 5.74) is 4.73. The van der Waals surface area contributed by atoms with Crippen LogP contribution in [0.25, 0.3) is 16.0 Å². The second-order valence-electron chi connectivity index (χ2n) is 10.8. The zero-order chi connectivity index (χ0) is 30.4. The van der Waals surface area contributed by atoms with E-state index in [1.54, 1.807) is 36.4 Å². The van der Waals surface area contributed by atoms with E-state index < -0.39 is 17.7 Å². The number of hydrogen-bond donors (Lipinski definition) is 1. The van der Waals surface area contributed by atoms with Crippen LogP contribution in [-0.4, -0.2) is 41.1 Å². The fraction of sp³-hybridized carbons (Fsp3) is 0.265. The maximum absolute atomic E-state index is 13.8. The van der Waals surface area contributed by atoms with Gasteiger partial charge in [0.2, 0.25) is 0 Å². The first-order valence-corrected chi connectivity index (χ1v) is 15.0. The Balaban J connectivity index is 1.55. The molecule has 1 N–H and O–H groups in total. The molecule has 0 spiro atoms. The Kier molecular flexibility index (Phi) is 7.43. The molecular weight excluding hydrogens is 564 g/mol. The van der Waals surface area contributed by atoms with Gasteiger partial charge < -0.3 is 19.3 Å². The maximum Gasteiger partial charge on any atom is 0.301 e. The summed E-state index contributed by atoms with van der Waals surface area (Å²) in [6, 6.07) is 13.7. The summed E-state index contributed by atoms with van der Waals surface area (Å²) in [4.78, 5) is 33.8. The van der Waals surface area contributed by atoms with E-state index in [2.05, 4.69) is 6.58 Å². The van der Waals surface area contributed by atoms with Gasteiger partial charge in [-0.25, -0.2) is 4.98 Å². The molecule has 0 saturated carbocycles. The Bertz CT molecular complexity index is 1820. The van der Waals surface area contributed by atoms with Crippen molar-refractivity contribution in [2.24, 2.45) is 0 Å². The van der Waals surface area contributed by atoms with Crippen LogP contribution < -0.4 is 19.1 Å². The average molecular weight is 597 g/mol. The van der Waals surface area contributed by atoms with E-state index in [1.807, 2.05) is 45.9 Å². The van der Waals surface area contributed by atoms with Gasteiger partial charge in [-0.3, -0.25) is 14.5 Å². The molecule has 9 heteroatoms. The predicted molar refractivity (Wildman–Crippen MR) is 167 cm³/mol. The largest absolute Gasteiger partial charge is 0.507 e. The van der Waals surface area contributed by atoms with Crippen LogP contribution in [0.4, 0.5) is 5.13 Å². The van der Waals surface area contributed by atoms with Gasteiger partial charge in [0.25, 0.3) is 5.78 Å². The van der Waals surface area contributed by atoms with Gasteiger partial charge in [-0.1, -0.05) is 36.1 Å². The summed E-state index contributed by atoms with van der Waals surface area (Å²) in [7, 11) is 0. The van der Waals surface area contributed by atoms with Gasteiger partial charge in [-0.2, -0.15) is 0 Å². The number of ether oxygens (including phenoxy) is 3. The number of fused-ring (bicyclic) bond motifs is 2. The number of Topliss-reactive ketones (excluding diaryl/α,β-unsaturated/α-hetero) is 1. The van der Waals surface area contributed by atoms with E-state index in [9.17, 15) is 14.7 Å². The van der Waals surface area contributed by atoms with Crippen molar-refractivity contribution in [1.82, 2.24) is 4.98 Å². The van der Waals surface area contributed by atoms with E-state index in [-0.39, 0.29) is 24.0 Å².